The molecule has 0 saturated carbocycles. The van der Waals surface area contributed by atoms with E-state index in [2.05, 4.69) is 30.4 Å². The summed E-state index contributed by atoms with van der Waals surface area (Å²) in [5.74, 6) is 1.18. The highest BCUT2D eigenvalue weighted by molar-refractivity contribution is 7.99. The van der Waals surface area contributed by atoms with E-state index < -0.39 is 9.84 Å². The number of carbonyl (C=O) groups is 1. The lowest BCUT2D eigenvalue weighted by Crippen LogP contribution is -2.29. The maximum atomic E-state index is 12.2. The summed E-state index contributed by atoms with van der Waals surface area (Å²) in [5.41, 5.74) is 3.35. The van der Waals surface area contributed by atoms with E-state index in [1.54, 1.807) is 36.0 Å². The van der Waals surface area contributed by atoms with Gasteiger partial charge in [-0.1, -0.05) is 48.9 Å². The van der Waals surface area contributed by atoms with Crippen molar-refractivity contribution >= 4 is 27.5 Å². The van der Waals surface area contributed by atoms with Crippen molar-refractivity contribution in [3.05, 3.63) is 65.2 Å². The largest absolute Gasteiger partial charge is 0.349 e. The van der Waals surface area contributed by atoms with Gasteiger partial charge in [-0.05, 0) is 36.6 Å². The average Bonchev–Trinajstić information content (AvgIpc) is 2.59. The van der Waals surface area contributed by atoms with Crippen LogP contribution in [-0.2, 0) is 20.4 Å². The van der Waals surface area contributed by atoms with Gasteiger partial charge in [0.05, 0.1) is 16.7 Å². The highest BCUT2D eigenvalue weighted by Gasteiger charge is 2.14. The Morgan fingerprint density at radius 1 is 1.15 bits per heavy atom. The van der Waals surface area contributed by atoms with Gasteiger partial charge in [0, 0.05) is 12.0 Å². The van der Waals surface area contributed by atoms with Gasteiger partial charge in [0.1, 0.15) is 0 Å². The quantitative estimate of drug-likeness (QED) is 0.741. The molecule has 0 spiro atoms. The van der Waals surface area contributed by atoms with Crippen LogP contribution in [0, 0.1) is 6.92 Å². The molecule has 0 aromatic heterocycles. The Bertz CT molecular complexity index is 846. The third kappa shape index (κ3) is 6.18. The SMILES string of the molecule is CC[C@@H](NC(=O)CSCc1cccc(C)c1)c1ccc(S(C)(=O)=O)cc1. The summed E-state index contributed by atoms with van der Waals surface area (Å²) < 4.78 is 23.1. The van der Waals surface area contributed by atoms with Gasteiger partial charge in [0.25, 0.3) is 0 Å². The summed E-state index contributed by atoms with van der Waals surface area (Å²) in [4.78, 5) is 12.5. The average molecular weight is 392 g/mol. The maximum absolute atomic E-state index is 12.2. The van der Waals surface area contributed by atoms with Gasteiger partial charge in [-0.25, -0.2) is 8.42 Å². The minimum atomic E-state index is -3.21. The molecule has 0 unspecified atom stereocenters. The van der Waals surface area contributed by atoms with Crippen LogP contribution >= 0.6 is 11.8 Å². The van der Waals surface area contributed by atoms with Crippen molar-refractivity contribution in [2.75, 3.05) is 12.0 Å². The van der Waals surface area contributed by atoms with Gasteiger partial charge in [-0.2, -0.15) is 0 Å². The van der Waals surface area contributed by atoms with Gasteiger partial charge >= 0.3 is 0 Å². The highest BCUT2D eigenvalue weighted by Crippen LogP contribution is 2.20. The van der Waals surface area contributed by atoms with Crippen LogP contribution in [0.5, 0.6) is 0 Å². The first-order valence-electron chi connectivity index (χ1n) is 8.52. The topological polar surface area (TPSA) is 63.2 Å². The molecule has 2 rings (SSSR count). The molecule has 0 aliphatic rings. The van der Waals surface area contributed by atoms with Crippen molar-refractivity contribution in [2.24, 2.45) is 0 Å². The Kier molecular flexibility index (Phi) is 7.29. The smallest absolute Gasteiger partial charge is 0.230 e. The van der Waals surface area contributed by atoms with Crippen LogP contribution in [0.3, 0.4) is 0 Å². The van der Waals surface area contributed by atoms with Crippen LogP contribution in [0.25, 0.3) is 0 Å². The number of hydrogen-bond donors (Lipinski definition) is 1. The van der Waals surface area contributed by atoms with E-state index in [9.17, 15) is 13.2 Å². The van der Waals surface area contributed by atoms with Crippen LogP contribution < -0.4 is 5.32 Å². The third-order valence-corrected chi connectivity index (χ3v) is 6.17. The zero-order valence-corrected chi connectivity index (χ0v) is 17.0. The number of thioether (sulfide) groups is 1. The minimum absolute atomic E-state index is 0.0123. The standard InChI is InChI=1S/C20H25NO3S2/c1-4-19(17-8-10-18(11-9-17)26(3,23)24)21-20(22)14-25-13-16-7-5-6-15(2)12-16/h5-12,19H,4,13-14H2,1-3H3,(H,21,22)/t19-/m1/s1. The van der Waals surface area contributed by atoms with E-state index >= 15 is 0 Å². The zero-order chi connectivity index (χ0) is 19.2. The van der Waals surface area contributed by atoms with Crippen LogP contribution in [0.1, 0.15) is 36.1 Å². The first-order valence-corrected chi connectivity index (χ1v) is 11.6. The first-order chi connectivity index (χ1) is 12.3. The molecule has 0 heterocycles. The van der Waals surface area contributed by atoms with Crippen molar-refractivity contribution < 1.29 is 13.2 Å². The molecule has 6 heteroatoms. The summed E-state index contributed by atoms with van der Waals surface area (Å²) in [6.07, 6.45) is 1.93. The summed E-state index contributed by atoms with van der Waals surface area (Å²) in [5, 5.41) is 3.03. The normalized spacial score (nSPS) is 12.6. The molecule has 0 aliphatic carbocycles. The number of hydrogen-bond acceptors (Lipinski definition) is 4. The predicted octanol–water partition coefficient (Wildman–Crippen LogP) is 3.90. The van der Waals surface area contributed by atoms with Gasteiger partial charge in [0.2, 0.25) is 5.91 Å². The van der Waals surface area contributed by atoms with Gasteiger partial charge in [-0.3, -0.25) is 4.79 Å². The van der Waals surface area contributed by atoms with Crippen LogP contribution in [0.4, 0.5) is 0 Å². The lowest BCUT2D eigenvalue weighted by Gasteiger charge is -2.18. The van der Waals surface area contributed by atoms with Crippen molar-refractivity contribution in [1.29, 1.82) is 0 Å². The second-order valence-corrected chi connectivity index (χ2v) is 9.35. The Morgan fingerprint density at radius 3 is 2.42 bits per heavy atom. The molecule has 4 nitrogen and oxygen atoms in total. The fourth-order valence-electron chi connectivity index (χ4n) is 2.67. The van der Waals surface area contributed by atoms with Gasteiger partial charge in [-0.15, -0.1) is 11.8 Å². The molecule has 140 valence electrons. The molecule has 1 N–H and O–H groups in total. The Morgan fingerprint density at radius 2 is 1.85 bits per heavy atom. The number of nitrogens with one attached hydrogen (secondary N) is 1. The summed E-state index contributed by atoms with van der Waals surface area (Å²) in [6.45, 7) is 4.05. The Labute approximate surface area is 160 Å². The first kappa shape index (κ1) is 20.5. The van der Waals surface area contributed by atoms with Crippen LogP contribution in [-0.4, -0.2) is 26.3 Å². The Balaban J connectivity index is 1.89. The van der Waals surface area contributed by atoms with Crippen LogP contribution in [0.2, 0.25) is 0 Å². The molecular weight excluding hydrogens is 366 g/mol. The summed E-state index contributed by atoms with van der Waals surface area (Å²) >= 11 is 1.59. The molecule has 0 fully saturated rings. The van der Waals surface area contributed by atoms with E-state index in [1.165, 1.54) is 17.4 Å². The van der Waals surface area contributed by atoms with E-state index in [4.69, 9.17) is 0 Å². The number of sulfone groups is 1. The molecule has 2 aromatic rings. The second-order valence-electron chi connectivity index (χ2n) is 6.35. The molecule has 26 heavy (non-hydrogen) atoms. The van der Waals surface area contributed by atoms with Crippen molar-refractivity contribution in [2.45, 2.75) is 37.0 Å². The Hall–Kier alpha value is -1.79. The molecular formula is C20H25NO3S2. The van der Waals surface area contributed by atoms with Gasteiger partial charge < -0.3 is 5.32 Å². The van der Waals surface area contributed by atoms with Crippen molar-refractivity contribution in [3.63, 3.8) is 0 Å². The fraction of sp³-hybridized carbons (Fsp3) is 0.350. The van der Waals surface area contributed by atoms with Crippen LogP contribution in [0.15, 0.2) is 53.4 Å². The molecule has 0 saturated heterocycles. The van der Waals surface area contributed by atoms with E-state index in [-0.39, 0.29) is 16.8 Å². The van der Waals surface area contributed by atoms with Crippen molar-refractivity contribution in [3.8, 4) is 0 Å². The molecule has 0 radical (unpaired) electrons. The monoisotopic (exact) mass is 391 g/mol. The van der Waals surface area contributed by atoms with E-state index in [1.807, 2.05) is 13.0 Å². The lowest BCUT2D eigenvalue weighted by molar-refractivity contribution is -0.119. The van der Waals surface area contributed by atoms with E-state index in [0.717, 1.165) is 17.7 Å². The molecule has 0 bridgehead atoms. The van der Waals surface area contributed by atoms with Crippen molar-refractivity contribution in [1.82, 2.24) is 5.32 Å². The molecule has 1 atom stereocenters. The number of carbonyl (C=O) groups excluding carboxylic acids is 1. The van der Waals surface area contributed by atoms with E-state index in [0.29, 0.717) is 5.75 Å². The second kappa shape index (κ2) is 9.24. The molecule has 0 aliphatic heterocycles. The third-order valence-electron chi connectivity index (χ3n) is 4.04. The number of rotatable bonds is 8. The fourth-order valence-corrected chi connectivity index (χ4v) is 4.08. The molecule has 2 aromatic carbocycles. The zero-order valence-electron chi connectivity index (χ0n) is 15.4. The maximum Gasteiger partial charge on any atom is 0.230 e. The summed E-state index contributed by atoms with van der Waals surface area (Å²) in [7, 11) is -3.21. The highest BCUT2D eigenvalue weighted by atomic mass is 32.2. The predicted molar refractivity (Wildman–Crippen MR) is 108 cm³/mol. The van der Waals surface area contributed by atoms with Gasteiger partial charge in [0.15, 0.2) is 9.84 Å². The summed E-state index contributed by atoms with van der Waals surface area (Å²) in [6, 6.07) is 14.9. The molecule has 1 amide bonds. The minimum Gasteiger partial charge on any atom is -0.349 e. The number of amides is 1. The lowest BCUT2D eigenvalue weighted by atomic mass is 10.0. The number of aryl methyl sites for hydroxylation is 1. The number of benzene rings is 2.